The van der Waals surface area contributed by atoms with E-state index in [0.717, 1.165) is 25.3 Å². The van der Waals surface area contributed by atoms with Crippen LogP contribution in [-0.4, -0.2) is 22.2 Å². The van der Waals surface area contributed by atoms with Gasteiger partial charge in [-0.25, -0.2) is 9.59 Å². The molecule has 0 saturated heterocycles. The molecular formula is C21H38O4. The maximum Gasteiger partial charge on any atom is 0.331 e. The van der Waals surface area contributed by atoms with Crippen molar-refractivity contribution in [3.05, 3.63) is 11.6 Å². The van der Waals surface area contributed by atoms with Gasteiger partial charge in [0.15, 0.2) is 0 Å². The normalized spacial score (nSPS) is 11.6. The fourth-order valence-electron chi connectivity index (χ4n) is 3.08. The quantitative estimate of drug-likeness (QED) is 0.222. The van der Waals surface area contributed by atoms with Gasteiger partial charge in [0.25, 0.3) is 0 Å². The van der Waals surface area contributed by atoms with Gasteiger partial charge in [0.2, 0.25) is 0 Å². The first-order valence-electron chi connectivity index (χ1n) is 10.2. The Labute approximate surface area is 153 Å². The van der Waals surface area contributed by atoms with Crippen molar-refractivity contribution in [3.63, 3.8) is 0 Å². The Balaban J connectivity index is 3.34. The summed E-state index contributed by atoms with van der Waals surface area (Å²) >= 11 is 0. The van der Waals surface area contributed by atoms with Crippen molar-refractivity contribution < 1.29 is 19.8 Å². The summed E-state index contributed by atoms with van der Waals surface area (Å²) in [5.41, 5.74) is 0.00203. The van der Waals surface area contributed by atoms with Gasteiger partial charge in [-0.1, -0.05) is 96.8 Å². The molecule has 0 aromatic carbocycles. The number of aliphatic carboxylic acids is 2. The molecule has 0 aromatic heterocycles. The molecular weight excluding hydrogens is 316 g/mol. The zero-order valence-corrected chi connectivity index (χ0v) is 16.1. The minimum atomic E-state index is -1.18. The maximum absolute atomic E-state index is 10.9. The Hall–Kier alpha value is -1.32. The van der Waals surface area contributed by atoms with E-state index in [-0.39, 0.29) is 5.57 Å². The van der Waals surface area contributed by atoms with E-state index in [2.05, 4.69) is 6.92 Å². The lowest BCUT2D eigenvalue weighted by Crippen LogP contribution is -2.04. The molecule has 0 aliphatic heterocycles. The third-order valence-electron chi connectivity index (χ3n) is 4.62. The second kappa shape index (κ2) is 17.5. The first-order chi connectivity index (χ1) is 12.1. The lowest BCUT2D eigenvalue weighted by atomic mass is 10.0. The molecule has 0 unspecified atom stereocenters. The van der Waals surface area contributed by atoms with Crippen LogP contribution in [0.1, 0.15) is 110 Å². The number of rotatable bonds is 18. The van der Waals surface area contributed by atoms with Gasteiger partial charge in [-0.2, -0.15) is 0 Å². The number of unbranched alkanes of at least 4 members (excludes halogenated alkanes) is 14. The second-order valence-electron chi connectivity index (χ2n) is 7.01. The highest BCUT2D eigenvalue weighted by Crippen LogP contribution is 2.15. The number of carboxylic acid groups (broad SMARTS) is 2. The van der Waals surface area contributed by atoms with E-state index in [4.69, 9.17) is 10.2 Å². The molecule has 146 valence electrons. The van der Waals surface area contributed by atoms with Gasteiger partial charge in [0.1, 0.15) is 0 Å². The van der Waals surface area contributed by atoms with E-state index in [0.29, 0.717) is 6.42 Å². The number of hydrogen-bond acceptors (Lipinski definition) is 2. The standard InChI is InChI=1S/C21H38O4/c1-2-3-4-5-6-7-8-9-10-11-12-13-14-15-16-17-19(21(24)25)18-20(22)23/h18H,2-17H2,1H3,(H,22,23)(H,24,25)/b19-18-. The largest absolute Gasteiger partial charge is 0.478 e. The Morgan fingerprint density at radius 3 is 1.32 bits per heavy atom. The van der Waals surface area contributed by atoms with Gasteiger partial charge in [-0.05, 0) is 12.8 Å². The highest BCUT2D eigenvalue weighted by molar-refractivity contribution is 5.94. The van der Waals surface area contributed by atoms with Crippen LogP contribution in [0, 0.1) is 0 Å². The van der Waals surface area contributed by atoms with Crippen LogP contribution in [0.25, 0.3) is 0 Å². The molecule has 0 spiro atoms. The Morgan fingerprint density at radius 1 is 0.640 bits per heavy atom. The lowest BCUT2D eigenvalue weighted by molar-refractivity contribution is -0.135. The molecule has 0 aliphatic rings. The monoisotopic (exact) mass is 354 g/mol. The predicted octanol–water partition coefficient (Wildman–Crippen LogP) is 6.34. The average molecular weight is 355 g/mol. The van der Waals surface area contributed by atoms with Crippen LogP contribution in [0.2, 0.25) is 0 Å². The number of carboxylic acids is 2. The molecule has 25 heavy (non-hydrogen) atoms. The van der Waals surface area contributed by atoms with E-state index in [9.17, 15) is 9.59 Å². The van der Waals surface area contributed by atoms with Crippen molar-refractivity contribution in [1.82, 2.24) is 0 Å². The fourth-order valence-corrected chi connectivity index (χ4v) is 3.08. The molecule has 0 saturated carbocycles. The van der Waals surface area contributed by atoms with Crippen molar-refractivity contribution >= 4 is 11.9 Å². The van der Waals surface area contributed by atoms with Gasteiger partial charge in [-0.15, -0.1) is 0 Å². The van der Waals surface area contributed by atoms with Crippen LogP contribution >= 0.6 is 0 Å². The van der Waals surface area contributed by atoms with Crippen molar-refractivity contribution in [1.29, 1.82) is 0 Å². The molecule has 0 rings (SSSR count). The van der Waals surface area contributed by atoms with Gasteiger partial charge in [-0.3, -0.25) is 0 Å². The van der Waals surface area contributed by atoms with E-state index in [1.807, 2.05) is 0 Å². The summed E-state index contributed by atoms with van der Waals surface area (Å²) in [7, 11) is 0. The minimum Gasteiger partial charge on any atom is -0.478 e. The highest BCUT2D eigenvalue weighted by atomic mass is 16.4. The lowest BCUT2D eigenvalue weighted by Gasteiger charge is -2.04. The topological polar surface area (TPSA) is 74.6 Å². The van der Waals surface area contributed by atoms with E-state index < -0.39 is 11.9 Å². The first-order valence-corrected chi connectivity index (χ1v) is 10.2. The molecule has 4 heteroatoms. The molecule has 0 amide bonds. The highest BCUT2D eigenvalue weighted by Gasteiger charge is 2.08. The van der Waals surface area contributed by atoms with E-state index in [1.165, 1.54) is 77.0 Å². The molecule has 2 N–H and O–H groups in total. The summed E-state index contributed by atoms with van der Waals surface area (Å²) in [6.45, 7) is 2.25. The molecule has 0 heterocycles. The Bertz CT molecular complexity index is 374. The Morgan fingerprint density at radius 2 is 1.00 bits per heavy atom. The molecule has 0 fully saturated rings. The fraction of sp³-hybridized carbons (Fsp3) is 0.810. The van der Waals surface area contributed by atoms with Crippen molar-refractivity contribution in [2.75, 3.05) is 0 Å². The third kappa shape index (κ3) is 17.3. The minimum absolute atomic E-state index is 0.00203. The summed E-state index contributed by atoms with van der Waals surface area (Å²) in [6.07, 6.45) is 20.1. The molecule has 0 radical (unpaired) electrons. The van der Waals surface area contributed by atoms with E-state index >= 15 is 0 Å². The average Bonchev–Trinajstić information content (AvgIpc) is 2.56. The van der Waals surface area contributed by atoms with Crippen LogP contribution in [0.4, 0.5) is 0 Å². The maximum atomic E-state index is 10.9. The van der Waals surface area contributed by atoms with Crippen LogP contribution in [0.3, 0.4) is 0 Å². The van der Waals surface area contributed by atoms with E-state index in [1.54, 1.807) is 0 Å². The Kier molecular flexibility index (Phi) is 16.6. The number of carbonyl (C=O) groups is 2. The molecule has 4 nitrogen and oxygen atoms in total. The SMILES string of the molecule is CCCCCCCCCCCCCCCCC/C(=C/C(=O)O)C(=O)O. The van der Waals surface area contributed by atoms with Crippen molar-refractivity contribution in [2.45, 2.75) is 110 Å². The van der Waals surface area contributed by atoms with Gasteiger partial charge in [0, 0.05) is 11.6 Å². The van der Waals surface area contributed by atoms with Gasteiger partial charge in [0.05, 0.1) is 0 Å². The van der Waals surface area contributed by atoms with Gasteiger partial charge >= 0.3 is 11.9 Å². The van der Waals surface area contributed by atoms with Crippen molar-refractivity contribution in [3.8, 4) is 0 Å². The summed E-state index contributed by atoms with van der Waals surface area (Å²) in [6, 6.07) is 0. The smallest absolute Gasteiger partial charge is 0.331 e. The number of hydrogen-bond donors (Lipinski definition) is 2. The van der Waals surface area contributed by atoms with Crippen LogP contribution in [0.5, 0.6) is 0 Å². The summed E-state index contributed by atoms with van der Waals surface area (Å²) < 4.78 is 0. The third-order valence-corrected chi connectivity index (χ3v) is 4.62. The predicted molar refractivity (Wildman–Crippen MR) is 103 cm³/mol. The second-order valence-corrected chi connectivity index (χ2v) is 7.01. The van der Waals surface area contributed by atoms with Crippen LogP contribution < -0.4 is 0 Å². The van der Waals surface area contributed by atoms with Gasteiger partial charge < -0.3 is 10.2 Å². The zero-order chi connectivity index (χ0) is 18.8. The van der Waals surface area contributed by atoms with Crippen LogP contribution in [0.15, 0.2) is 11.6 Å². The molecule has 0 atom stereocenters. The first kappa shape index (κ1) is 23.7. The summed E-state index contributed by atoms with van der Waals surface area (Å²) in [4.78, 5) is 21.4. The molecule has 0 aliphatic carbocycles. The molecule has 0 aromatic rings. The summed E-state index contributed by atoms with van der Waals surface area (Å²) in [5.74, 6) is -2.30. The summed E-state index contributed by atoms with van der Waals surface area (Å²) in [5, 5.41) is 17.5. The van der Waals surface area contributed by atoms with Crippen molar-refractivity contribution in [2.24, 2.45) is 0 Å². The molecule has 0 bridgehead atoms. The zero-order valence-electron chi connectivity index (χ0n) is 16.1. The van der Waals surface area contributed by atoms with Crippen LogP contribution in [-0.2, 0) is 9.59 Å².